The summed E-state index contributed by atoms with van der Waals surface area (Å²) in [5.41, 5.74) is 9.70. The van der Waals surface area contributed by atoms with Crippen molar-refractivity contribution in [2.75, 3.05) is 0 Å². The number of hydrogen-bond acceptors (Lipinski definition) is 5. The summed E-state index contributed by atoms with van der Waals surface area (Å²) in [4.78, 5) is 10.5. The predicted octanol–water partition coefficient (Wildman–Crippen LogP) is 13.3. The maximum Gasteiger partial charge on any atom is 0.160 e. The van der Waals surface area contributed by atoms with Gasteiger partial charge in [-0.3, -0.25) is 0 Å². The highest BCUT2D eigenvalue weighted by atomic mass is 32.1. The number of fused-ring (bicyclic) bond motifs is 9. The van der Waals surface area contributed by atoms with Crippen molar-refractivity contribution in [1.82, 2.24) is 9.88 Å². The fourth-order valence-electron chi connectivity index (χ4n) is 8.86. The second-order valence-corrected chi connectivity index (χ2v) is 15.9. The molecular weight excluding hydrogens is 717 g/mol. The lowest BCUT2D eigenvalue weighted by molar-refractivity contribution is 0.643. The summed E-state index contributed by atoms with van der Waals surface area (Å²) in [7, 11) is 0. The Hall–Kier alpha value is -7.02. The number of aromatic nitrogens is 1. The first kappa shape index (κ1) is 32.2. The number of nitrogens with zero attached hydrogens (tertiary/aromatic N) is 3. The van der Waals surface area contributed by atoms with Crippen LogP contribution in [-0.2, 0) is 0 Å². The van der Waals surface area contributed by atoms with E-state index in [1.165, 1.54) is 47.5 Å². The summed E-state index contributed by atoms with van der Waals surface area (Å²) in [6, 6.07) is 54.1. The molecule has 7 aromatic carbocycles. The van der Waals surface area contributed by atoms with Crippen molar-refractivity contribution < 1.29 is 4.42 Å². The Balaban J connectivity index is 0.970. The molecule has 6 heteroatoms. The molecule has 2 aliphatic rings. The van der Waals surface area contributed by atoms with Crippen LogP contribution in [0.1, 0.15) is 23.7 Å². The Labute approximate surface area is 332 Å². The SMILES string of the molecule is C1=CCC(C2=NC(c3cccc4c3sc3c(-c5ccc6c(c5)oc5cc(-n7c8ccccc8c8ccccc87)ccc56)cccc34)=NC(c3ccccc3)N2)C=C1. The molecule has 3 aromatic heterocycles. The molecule has 10 aromatic rings. The van der Waals surface area contributed by atoms with E-state index in [0.29, 0.717) is 0 Å². The average molecular weight is 751 g/mol. The Morgan fingerprint density at radius 3 is 2.02 bits per heavy atom. The molecule has 57 heavy (non-hydrogen) atoms. The van der Waals surface area contributed by atoms with Crippen molar-refractivity contribution in [2.45, 2.75) is 12.6 Å². The van der Waals surface area contributed by atoms with E-state index in [1.54, 1.807) is 0 Å². The van der Waals surface area contributed by atoms with E-state index in [2.05, 4.69) is 180 Å². The number of hydrogen-bond donors (Lipinski definition) is 1. The molecule has 0 saturated heterocycles. The Morgan fingerprint density at radius 2 is 1.26 bits per heavy atom. The smallest absolute Gasteiger partial charge is 0.160 e. The highest BCUT2D eigenvalue weighted by Gasteiger charge is 2.26. The zero-order chi connectivity index (χ0) is 37.5. The van der Waals surface area contributed by atoms with Gasteiger partial charge in [-0.1, -0.05) is 127 Å². The molecule has 270 valence electrons. The maximum absolute atomic E-state index is 6.70. The maximum atomic E-state index is 6.70. The second-order valence-electron chi connectivity index (χ2n) is 14.9. The molecule has 1 aliphatic carbocycles. The van der Waals surface area contributed by atoms with Crippen molar-refractivity contribution in [3.8, 4) is 16.8 Å². The Morgan fingerprint density at radius 1 is 0.596 bits per heavy atom. The summed E-state index contributed by atoms with van der Waals surface area (Å²) < 4.78 is 11.5. The number of allylic oxidation sites excluding steroid dienone is 3. The zero-order valence-electron chi connectivity index (χ0n) is 30.8. The van der Waals surface area contributed by atoms with E-state index >= 15 is 0 Å². The van der Waals surface area contributed by atoms with Gasteiger partial charge < -0.3 is 14.3 Å². The van der Waals surface area contributed by atoms with Crippen LogP contribution in [-0.4, -0.2) is 16.2 Å². The fourth-order valence-corrected chi connectivity index (χ4v) is 10.2. The number of aliphatic imine (C=N–C) groups is 2. The minimum absolute atomic E-state index is 0.174. The van der Waals surface area contributed by atoms with Gasteiger partial charge in [0, 0.05) is 65.0 Å². The van der Waals surface area contributed by atoms with Crippen LogP contribution in [0.15, 0.2) is 190 Å². The average Bonchev–Trinajstić information content (AvgIpc) is 3.96. The molecule has 0 spiro atoms. The molecule has 0 saturated carbocycles. The van der Waals surface area contributed by atoms with E-state index in [0.717, 1.165) is 62.4 Å². The molecule has 12 rings (SSSR count). The van der Waals surface area contributed by atoms with E-state index in [1.807, 2.05) is 17.4 Å². The van der Waals surface area contributed by atoms with Crippen molar-refractivity contribution in [3.05, 3.63) is 187 Å². The molecule has 5 nitrogen and oxygen atoms in total. The van der Waals surface area contributed by atoms with Gasteiger partial charge >= 0.3 is 0 Å². The number of thiophene rings is 1. The number of benzene rings is 7. The van der Waals surface area contributed by atoms with E-state index in [9.17, 15) is 0 Å². The third-order valence-corrected chi connectivity index (χ3v) is 12.9. The zero-order valence-corrected chi connectivity index (χ0v) is 31.6. The van der Waals surface area contributed by atoms with Gasteiger partial charge in [0.15, 0.2) is 5.84 Å². The van der Waals surface area contributed by atoms with Crippen molar-refractivity contribution in [3.63, 3.8) is 0 Å². The summed E-state index contributed by atoms with van der Waals surface area (Å²) >= 11 is 1.82. The van der Waals surface area contributed by atoms with Crippen LogP contribution in [0.2, 0.25) is 0 Å². The quantitative estimate of drug-likeness (QED) is 0.190. The van der Waals surface area contributed by atoms with Gasteiger partial charge in [0.05, 0.1) is 11.0 Å². The number of amidine groups is 2. The summed E-state index contributed by atoms with van der Waals surface area (Å²) in [5.74, 6) is 1.89. The van der Waals surface area contributed by atoms with Crippen LogP contribution in [0, 0.1) is 5.92 Å². The number of rotatable bonds is 5. The highest BCUT2D eigenvalue weighted by Crippen LogP contribution is 2.43. The molecule has 4 heterocycles. The number of furan rings is 1. The molecule has 0 fully saturated rings. The molecule has 0 radical (unpaired) electrons. The fraction of sp³-hybridized carbons (Fsp3) is 0.0588. The van der Waals surface area contributed by atoms with Crippen molar-refractivity contribution >= 4 is 86.9 Å². The molecule has 2 unspecified atom stereocenters. The van der Waals surface area contributed by atoms with Gasteiger partial charge in [-0.05, 0) is 65.6 Å². The van der Waals surface area contributed by atoms with Gasteiger partial charge in [0.25, 0.3) is 0 Å². The molecule has 0 bridgehead atoms. The normalized spacial score (nSPS) is 16.9. The van der Waals surface area contributed by atoms with Crippen LogP contribution < -0.4 is 5.32 Å². The lowest BCUT2D eigenvalue weighted by Crippen LogP contribution is -2.37. The minimum atomic E-state index is -0.221. The van der Waals surface area contributed by atoms with E-state index in [4.69, 9.17) is 14.4 Å². The highest BCUT2D eigenvalue weighted by molar-refractivity contribution is 7.26. The third-order valence-electron chi connectivity index (χ3n) is 11.6. The number of nitrogens with one attached hydrogen (secondary N) is 1. The molecule has 2 atom stereocenters. The first-order chi connectivity index (χ1) is 28.2. The van der Waals surface area contributed by atoms with E-state index in [-0.39, 0.29) is 12.1 Å². The topological polar surface area (TPSA) is 54.8 Å². The van der Waals surface area contributed by atoms with Crippen molar-refractivity contribution in [2.24, 2.45) is 15.9 Å². The summed E-state index contributed by atoms with van der Waals surface area (Å²) in [6.45, 7) is 0. The molecule has 1 aliphatic heterocycles. The Kier molecular flexibility index (Phi) is 7.22. The minimum Gasteiger partial charge on any atom is -0.456 e. The molecule has 0 amide bonds. The van der Waals surface area contributed by atoms with Gasteiger partial charge in [-0.15, -0.1) is 11.3 Å². The second kappa shape index (κ2) is 12.8. The largest absolute Gasteiger partial charge is 0.456 e. The van der Waals surface area contributed by atoms with Gasteiger partial charge in [-0.25, -0.2) is 9.98 Å². The van der Waals surface area contributed by atoms with Gasteiger partial charge in [-0.2, -0.15) is 0 Å². The van der Waals surface area contributed by atoms with E-state index < -0.39 is 0 Å². The van der Waals surface area contributed by atoms with Crippen LogP contribution >= 0.6 is 11.3 Å². The number of para-hydroxylation sites is 2. The first-order valence-electron chi connectivity index (χ1n) is 19.5. The van der Waals surface area contributed by atoms with Crippen molar-refractivity contribution in [1.29, 1.82) is 0 Å². The van der Waals surface area contributed by atoms with Gasteiger partial charge in [0.1, 0.15) is 23.2 Å². The standard InChI is InChI=1S/C51H34N4OS/c1-3-13-31(14-4-1)49-52-50(32-15-5-2-6-16-32)54-51(53-49)42-22-12-21-41-40-20-11-19-35(47(40)57-48(41)42)33-25-27-38-39-28-26-34(30-46(39)56-45(38)29-33)55-43-23-9-7-17-36(43)37-18-8-10-24-44(37)55/h1-15,17-30,32,49H,16H2,(H,52,53,54). The van der Waals surface area contributed by atoms with Crippen LogP contribution in [0.3, 0.4) is 0 Å². The first-order valence-corrected chi connectivity index (χ1v) is 20.3. The van der Waals surface area contributed by atoms with Crippen LogP contribution in [0.25, 0.3) is 80.7 Å². The summed E-state index contributed by atoms with van der Waals surface area (Å²) in [6.07, 6.45) is 9.34. The molecular formula is C51H34N4OS. The summed E-state index contributed by atoms with van der Waals surface area (Å²) in [5, 5.41) is 10.8. The van der Waals surface area contributed by atoms with Crippen LogP contribution in [0.5, 0.6) is 0 Å². The predicted molar refractivity (Wildman–Crippen MR) is 239 cm³/mol. The van der Waals surface area contributed by atoms with Gasteiger partial charge in [0.2, 0.25) is 0 Å². The lowest BCUT2D eigenvalue weighted by atomic mass is 9.98. The third kappa shape index (κ3) is 5.14. The molecule has 1 N–H and O–H groups in total. The van der Waals surface area contributed by atoms with Crippen LogP contribution in [0.4, 0.5) is 0 Å². The Bertz CT molecular complexity index is 3320. The lowest BCUT2D eigenvalue weighted by Gasteiger charge is -2.27. The monoisotopic (exact) mass is 750 g/mol.